The zero-order valence-electron chi connectivity index (χ0n) is 8.34. The lowest BCUT2D eigenvalue weighted by Crippen LogP contribution is -2.32. The number of hydrogen-bond donors (Lipinski definition) is 1. The van der Waals surface area contributed by atoms with E-state index in [1.165, 1.54) is 12.8 Å². The van der Waals surface area contributed by atoms with Crippen LogP contribution in [-0.2, 0) is 5.41 Å². The number of rotatable bonds is 2. The summed E-state index contributed by atoms with van der Waals surface area (Å²) in [5.74, 6) is 0. The van der Waals surface area contributed by atoms with Gasteiger partial charge < -0.3 is 5.73 Å². The summed E-state index contributed by atoms with van der Waals surface area (Å²) in [5.41, 5.74) is 6.80. The fourth-order valence-corrected chi connectivity index (χ4v) is 2.80. The van der Waals surface area contributed by atoms with Gasteiger partial charge in [0, 0.05) is 17.5 Å². The fourth-order valence-electron chi connectivity index (χ4n) is 2.36. The summed E-state index contributed by atoms with van der Waals surface area (Å²) in [5, 5.41) is 8.38. The van der Waals surface area contributed by atoms with E-state index in [2.05, 4.69) is 10.2 Å². The van der Waals surface area contributed by atoms with Crippen molar-refractivity contribution in [2.24, 2.45) is 5.73 Å². The Labute approximate surface area is 99.0 Å². The molecule has 0 radical (unpaired) electrons. The lowest BCUT2D eigenvalue weighted by molar-refractivity contribution is 0.450. The third-order valence-electron chi connectivity index (χ3n) is 3.24. The molecule has 2 N–H and O–H groups in total. The van der Waals surface area contributed by atoms with Crippen LogP contribution in [0.25, 0.3) is 0 Å². The molecule has 0 saturated heterocycles. The van der Waals surface area contributed by atoms with Crippen LogP contribution >= 0.6 is 23.2 Å². The molecule has 1 saturated carbocycles. The molecule has 2 rings (SSSR count). The van der Waals surface area contributed by atoms with E-state index in [-0.39, 0.29) is 5.41 Å². The number of nitrogens with two attached hydrogens (primary N) is 1. The lowest BCUT2D eigenvalue weighted by atomic mass is 9.80. The monoisotopic (exact) mass is 245 g/mol. The highest BCUT2D eigenvalue weighted by atomic mass is 35.5. The van der Waals surface area contributed by atoms with Gasteiger partial charge in [-0.05, 0) is 18.9 Å². The minimum Gasteiger partial charge on any atom is -0.330 e. The van der Waals surface area contributed by atoms with Crippen molar-refractivity contribution in [3.63, 3.8) is 0 Å². The Morgan fingerprint density at radius 2 is 1.93 bits per heavy atom. The number of hydrogen-bond acceptors (Lipinski definition) is 3. The summed E-state index contributed by atoms with van der Waals surface area (Å²) in [4.78, 5) is 0. The second kappa shape index (κ2) is 4.24. The largest absolute Gasteiger partial charge is 0.330 e. The van der Waals surface area contributed by atoms with Crippen molar-refractivity contribution < 1.29 is 0 Å². The van der Waals surface area contributed by atoms with Gasteiger partial charge in [0.25, 0.3) is 0 Å². The van der Waals surface area contributed by atoms with Crippen molar-refractivity contribution >= 4 is 23.2 Å². The molecule has 5 heteroatoms. The van der Waals surface area contributed by atoms with E-state index in [1.807, 2.05) is 0 Å². The average molecular weight is 246 g/mol. The van der Waals surface area contributed by atoms with Crippen LogP contribution in [0, 0.1) is 0 Å². The van der Waals surface area contributed by atoms with Gasteiger partial charge in [-0.1, -0.05) is 36.0 Å². The molecule has 1 aliphatic rings. The number of aromatic nitrogens is 2. The summed E-state index contributed by atoms with van der Waals surface area (Å²) in [6.45, 7) is 0.592. The van der Waals surface area contributed by atoms with Crippen LogP contribution in [-0.4, -0.2) is 16.7 Å². The van der Waals surface area contributed by atoms with Crippen LogP contribution in [0.3, 0.4) is 0 Å². The maximum Gasteiger partial charge on any atom is 0.155 e. The minimum absolute atomic E-state index is 0.0311. The topological polar surface area (TPSA) is 51.8 Å². The van der Waals surface area contributed by atoms with Gasteiger partial charge in [-0.3, -0.25) is 0 Å². The zero-order chi connectivity index (χ0) is 10.9. The Kier molecular flexibility index (Phi) is 3.14. The first-order valence-electron chi connectivity index (χ1n) is 5.07. The predicted octanol–water partition coefficient (Wildman–Crippen LogP) is 2.55. The van der Waals surface area contributed by atoms with E-state index < -0.39 is 0 Å². The van der Waals surface area contributed by atoms with Crippen molar-refractivity contribution in [1.82, 2.24) is 10.2 Å². The van der Waals surface area contributed by atoms with Crippen LogP contribution in [0.4, 0.5) is 0 Å². The summed E-state index contributed by atoms with van der Waals surface area (Å²) < 4.78 is 0. The SMILES string of the molecule is NCC1(c2cc(Cl)nnc2Cl)CCCC1. The normalized spacial score (nSPS) is 19.4. The molecule has 1 heterocycles. The first-order chi connectivity index (χ1) is 7.18. The molecule has 0 spiro atoms. The highest BCUT2D eigenvalue weighted by molar-refractivity contribution is 6.31. The lowest BCUT2D eigenvalue weighted by Gasteiger charge is -2.27. The Bertz CT molecular complexity index is 362. The number of nitrogens with zero attached hydrogens (tertiary/aromatic N) is 2. The van der Waals surface area contributed by atoms with Crippen LogP contribution in [0.5, 0.6) is 0 Å². The van der Waals surface area contributed by atoms with Gasteiger partial charge in [-0.15, -0.1) is 10.2 Å². The van der Waals surface area contributed by atoms with Gasteiger partial charge in [0.1, 0.15) is 0 Å². The summed E-state index contributed by atoms with van der Waals surface area (Å²) in [6, 6.07) is 1.80. The van der Waals surface area contributed by atoms with Crippen LogP contribution in [0.15, 0.2) is 6.07 Å². The summed E-state index contributed by atoms with van der Waals surface area (Å²) >= 11 is 11.9. The van der Waals surface area contributed by atoms with Crippen molar-refractivity contribution in [1.29, 1.82) is 0 Å². The molecule has 1 aromatic heterocycles. The van der Waals surface area contributed by atoms with E-state index in [4.69, 9.17) is 28.9 Å². The molecule has 1 aliphatic carbocycles. The average Bonchev–Trinajstić information content (AvgIpc) is 2.71. The minimum atomic E-state index is -0.0311. The summed E-state index contributed by atoms with van der Waals surface area (Å²) in [7, 11) is 0. The number of halogens is 2. The smallest absolute Gasteiger partial charge is 0.155 e. The molecule has 82 valence electrons. The second-order valence-corrected chi connectivity index (χ2v) is 4.81. The molecule has 0 bridgehead atoms. The van der Waals surface area contributed by atoms with Crippen LogP contribution in [0.1, 0.15) is 31.2 Å². The van der Waals surface area contributed by atoms with Crippen molar-refractivity contribution in [2.45, 2.75) is 31.1 Å². The Balaban J connectivity index is 2.46. The van der Waals surface area contributed by atoms with Gasteiger partial charge in [0.15, 0.2) is 10.3 Å². The van der Waals surface area contributed by atoms with E-state index in [9.17, 15) is 0 Å². The first kappa shape index (κ1) is 11.1. The van der Waals surface area contributed by atoms with Gasteiger partial charge in [-0.2, -0.15) is 0 Å². The van der Waals surface area contributed by atoms with Crippen molar-refractivity contribution in [3.05, 3.63) is 21.9 Å². The Morgan fingerprint density at radius 1 is 1.27 bits per heavy atom. The molecule has 0 atom stereocenters. The molecule has 1 fully saturated rings. The molecule has 3 nitrogen and oxygen atoms in total. The molecular formula is C10H13Cl2N3. The van der Waals surface area contributed by atoms with Gasteiger partial charge in [-0.25, -0.2) is 0 Å². The standard InChI is InChI=1S/C10H13Cl2N3/c11-8-5-7(9(12)15-14-8)10(6-13)3-1-2-4-10/h5H,1-4,6,13H2. The highest BCUT2D eigenvalue weighted by Crippen LogP contribution is 2.42. The summed E-state index contributed by atoms with van der Waals surface area (Å²) in [6.07, 6.45) is 4.50. The molecule has 0 amide bonds. The molecule has 0 unspecified atom stereocenters. The van der Waals surface area contributed by atoms with E-state index in [0.717, 1.165) is 18.4 Å². The van der Waals surface area contributed by atoms with E-state index >= 15 is 0 Å². The Morgan fingerprint density at radius 3 is 2.53 bits per heavy atom. The molecule has 1 aromatic rings. The van der Waals surface area contributed by atoms with Gasteiger partial charge >= 0.3 is 0 Å². The first-order valence-corrected chi connectivity index (χ1v) is 5.83. The molecular weight excluding hydrogens is 233 g/mol. The maximum atomic E-state index is 6.06. The van der Waals surface area contributed by atoms with Gasteiger partial charge in [0.05, 0.1) is 0 Å². The van der Waals surface area contributed by atoms with Crippen molar-refractivity contribution in [3.8, 4) is 0 Å². The zero-order valence-corrected chi connectivity index (χ0v) is 9.85. The van der Waals surface area contributed by atoms with E-state index in [0.29, 0.717) is 16.9 Å². The molecule has 0 aromatic carbocycles. The maximum absolute atomic E-state index is 6.06. The quantitative estimate of drug-likeness (QED) is 0.872. The Hall–Kier alpha value is -0.380. The second-order valence-electron chi connectivity index (χ2n) is 4.06. The van der Waals surface area contributed by atoms with Gasteiger partial charge in [0.2, 0.25) is 0 Å². The predicted molar refractivity (Wildman–Crippen MR) is 61.3 cm³/mol. The highest BCUT2D eigenvalue weighted by Gasteiger charge is 2.36. The molecule has 15 heavy (non-hydrogen) atoms. The fraction of sp³-hybridized carbons (Fsp3) is 0.600. The third-order valence-corrected chi connectivity index (χ3v) is 3.71. The van der Waals surface area contributed by atoms with Crippen molar-refractivity contribution in [2.75, 3.05) is 6.54 Å². The molecule has 0 aliphatic heterocycles. The van der Waals surface area contributed by atoms with Crippen LogP contribution < -0.4 is 5.73 Å². The van der Waals surface area contributed by atoms with Crippen LogP contribution in [0.2, 0.25) is 10.3 Å². The van der Waals surface area contributed by atoms with E-state index in [1.54, 1.807) is 6.07 Å². The third kappa shape index (κ3) is 1.96.